The van der Waals surface area contributed by atoms with Gasteiger partial charge in [0, 0.05) is 12.6 Å². The van der Waals surface area contributed by atoms with Crippen LogP contribution in [0.4, 0.5) is 14.5 Å². The van der Waals surface area contributed by atoms with Crippen molar-refractivity contribution in [1.82, 2.24) is 0 Å². The van der Waals surface area contributed by atoms with E-state index in [0.29, 0.717) is 6.07 Å². The van der Waals surface area contributed by atoms with E-state index in [9.17, 15) is 18.4 Å². The Labute approximate surface area is 107 Å². The van der Waals surface area contributed by atoms with E-state index in [1.807, 2.05) is 0 Å². The van der Waals surface area contributed by atoms with Gasteiger partial charge in [0.25, 0.3) is 11.7 Å². The number of rotatable bonds is 5. The highest BCUT2D eigenvalue weighted by molar-refractivity contribution is 6.52. The first-order valence-corrected chi connectivity index (χ1v) is 5.60. The Bertz CT molecular complexity index is 533. The van der Waals surface area contributed by atoms with Crippen molar-refractivity contribution in [3.8, 4) is 0 Å². The van der Waals surface area contributed by atoms with Crippen LogP contribution in [-0.4, -0.2) is 43.2 Å². The van der Waals surface area contributed by atoms with Crippen molar-refractivity contribution in [2.45, 2.75) is 0 Å². The minimum Gasteiger partial charge on any atom is -0.394 e. The number of Topliss-reactive ketones (excluding diaryl/α,β-unsaturated/α-hetero) is 1. The summed E-state index contributed by atoms with van der Waals surface area (Å²) in [7, 11) is 0. The molecule has 7 heteroatoms. The molecule has 0 atom stereocenters. The van der Waals surface area contributed by atoms with E-state index in [1.165, 1.54) is 0 Å². The third kappa shape index (κ3) is 2.47. The summed E-state index contributed by atoms with van der Waals surface area (Å²) in [5.74, 6) is -3.71. The number of anilines is 1. The molecule has 0 bridgehead atoms. The molecule has 0 fully saturated rings. The number of halogens is 2. The number of hydrogen-bond donors (Lipinski definition) is 1. The zero-order chi connectivity index (χ0) is 14.0. The van der Waals surface area contributed by atoms with Crippen LogP contribution < -0.4 is 4.90 Å². The van der Waals surface area contributed by atoms with Gasteiger partial charge in [-0.05, 0) is 6.07 Å². The zero-order valence-corrected chi connectivity index (χ0v) is 9.86. The maximum Gasteiger partial charge on any atom is 0.299 e. The molecule has 1 heterocycles. The summed E-state index contributed by atoms with van der Waals surface area (Å²) in [4.78, 5) is 24.2. The van der Waals surface area contributed by atoms with Crippen LogP contribution in [0.25, 0.3) is 0 Å². The second-order valence-electron chi connectivity index (χ2n) is 3.91. The van der Waals surface area contributed by atoms with Crippen molar-refractivity contribution < 1.29 is 28.2 Å². The SMILES string of the molecule is O=C1C(=O)N(CCOCCO)c2c(F)cc(F)cc21. The van der Waals surface area contributed by atoms with Gasteiger partial charge in [-0.1, -0.05) is 0 Å². The number of ether oxygens (including phenoxy) is 1. The van der Waals surface area contributed by atoms with Gasteiger partial charge >= 0.3 is 0 Å². The van der Waals surface area contributed by atoms with E-state index in [2.05, 4.69) is 0 Å². The van der Waals surface area contributed by atoms with Gasteiger partial charge in [0.05, 0.1) is 31.1 Å². The number of hydrogen-bond acceptors (Lipinski definition) is 4. The summed E-state index contributed by atoms with van der Waals surface area (Å²) in [6, 6.07) is 1.46. The molecule has 0 aliphatic carbocycles. The van der Waals surface area contributed by atoms with Gasteiger partial charge in [-0.15, -0.1) is 0 Å². The zero-order valence-electron chi connectivity index (χ0n) is 9.86. The first-order valence-electron chi connectivity index (χ1n) is 5.60. The Balaban J connectivity index is 2.23. The highest BCUT2D eigenvalue weighted by Gasteiger charge is 2.38. The summed E-state index contributed by atoms with van der Waals surface area (Å²) in [6.45, 7) is -0.103. The van der Waals surface area contributed by atoms with Crippen molar-refractivity contribution in [2.75, 3.05) is 31.3 Å². The van der Waals surface area contributed by atoms with Crippen LogP contribution >= 0.6 is 0 Å². The van der Waals surface area contributed by atoms with Crippen molar-refractivity contribution in [3.63, 3.8) is 0 Å². The summed E-state index contributed by atoms with van der Waals surface area (Å²) >= 11 is 0. The second-order valence-corrected chi connectivity index (χ2v) is 3.91. The standard InChI is InChI=1S/C12H11F2NO4/c13-7-5-8-10(9(14)6-7)15(12(18)11(8)17)1-3-19-4-2-16/h5-6,16H,1-4H2. The van der Waals surface area contributed by atoms with Crippen LogP contribution in [0.5, 0.6) is 0 Å². The second kappa shape index (κ2) is 5.41. The van der Waals surface area contributed by atoms with E-state index in [1.54, 1.807) is 0 Å². The lowest BCUT2D eigenvalue weighted by Crippen LogP contribution is -2.33. The molecule has 1 aliphatic rings. The third-order valence-electron chi connectivity index (χ3n) is 2.68. The average molecular weight is 271 g/mol. The molecule has 102 valence electrons. The largest absolute Gasteiger partial charge is 0.394 e. The average Bonchev–Trinajstić information content (AvgIpc) is 2.60. The fourth-order valence-electron chi connectivity index (χ4n) is 1.89. The first kappa shape index (κ1) is 13.6. The molecule has 1 N–H and O–H groups in total. The summed E-state index contributed by atoms with van der Waals surface area (Å²) in [5.41, 5.74) is -0.492. The number of aliphatic hydroxyl groups is 1. The van der Waals surface area contributed by atoms with Gasteiger partial charge in [-0.25, -0.2) is 8.78 Å². The first-order chi connectivity index (χ1) is 9.06. The Kier molecular flexibility index (Phi) is 3.87. The lowest BCUT2D eigenvalue weighted by Gasteiger charge is -2.16. The van der Waals surface area contributed by atoms with Crippen molar-refractivity contribution >= 4 is 17.4 Å². The molecule has 1 amide bonds. The highest BCUT2D eigenvalue weighted by Crippen LogP contribution is 2.32. The van der Waals surface area contributed by atoms with Gasteiger partial charge in [-0.2, -0.15) is 0 Å². The van der Waals surface area contributed by atoms with Crippen LogP contribution in [-0.2, 0) is 9.53 Å². The summed E-state index contributed by atoms with van der Waals surface area (Å²) in [6.07, 6.45) is 0. The molecule has 0 unspecified atom stereocenters. The molecule has 0 saturated carbocycles. The normalized spacial score (nSPS) is 14.2. The molecule has 0 saturated heterocycles. The van der Waals surface area contributed by atoms with Crippen LogP contribution in [0.3, 0.4) is 0 Å². The molecule has 1 aliphatic heterocycles. The quantitative estimate of drug-likeness (QED) is 0.625. The minimum absolute atomic E-state index is 0.0375. The number of ketones is 1. The smallest absolute Gasteiger partial charge is 0.299 e. The van der Waals surface area contributed by atoms with Gasteiger partial charge in [-0.3, -0.25) is 14.5 Å². The molecular formula is C12H11F2NO4. The lowest BCUT2D eigenvalue weighted by molar-refractivity contribution is -0.114. The molecule has 2 rings (SSSR count). The molecule has 1 aromatic rings. The maximum atomic E-state index is 13.7. The van der Waals surface area contributed by atoms with Gasteiger partial charge in [0.2, 0.25) is 0 Å². The van der Waals surface area contributed by atoms with Crippen LogP contribution in [0.15, 0.2) is 12.1 Å². The van der Waals surface area contributed by atoms with E-state index < -0.39 is 23.3 Å². The molecular weight excluding hydrogens is 260 g/mol. The molecule has 1 aromatic carbocycles. The van der Waals surface area contributed by atoms with Crippen molar-refractivity contribution in [1.29, 1.82) is 0 Å². The number of carbonyl (C=O) groups excluding carboxylic acids is 2. The van der Waals surface area contributed by atoms with Crippen molar-refractivity contribution in [3.05, 3.63) is 29.3 Å². The predicted molar refractivity (Wildman–Crippen MR) is 60.9 cm³/mol. The number of carbonyl (C=O) groups is 2. The number of fused-ring (bicyclic) bond motifs is 1. The van der Waals surface area contributed by atoms with E-state index in [0.717, 1.165) is 11.0 Å². The molecule has 5 nitrogen and oxygen atoms in total. The van der Waals surface area contributed by atoms with Gasteiger partial charge in [0.15, 0.2) is 5.82 Å². The Hall–Kier alpha value is -1.86. The lowest BCUT2D eigenvalue weighted by atomic mass is 10.1. The molecule has 0 aromatic heterocycles. The third-order valence-corrected chi connectivity index (χ3v) is 2.68. The molecule has 19 heavy (non-hydrogen) atoms. The monoisotopic (exact) mass is 271 g/mol. The molecule has 0 spiro atoms. The van der Waals surface area contributed by atoms with Crippen LogP contribution in [0, 0.1) is 11.6 Å². The fourth-order valence-corrected chi connectivity index (χ4v) is 1.89. The van der Waals surface area contributed by atoms with E-state index >= 15 is 0 Å². The number of amides is 1. The Morgan fingerprint density at radius 1 is 1.21 bits per heavy atom. The fraction of sp³-hybridized carbons (Fsp3) is 0.333. The van der Waals surface area contributed by atoms with Gasteiger partial charge in [0.1, 0.15) is 5.82 Å². The maximum absolute atomic E-state index is 13.7. The number of aliphatic hydroxyl groups excluding tert-OH is 1. The van der Waals surface area contributed by atoms with Crippen molar-refractivity contribution in [2.24, 2.45) is 0 Å². The Morgan fingerprint density at radius 3 is 2.63 bits per heavy atom. The van der Waals surface area contributed by atoms with Gasteiger partial charge < -0.3 is 9.84 Å². The van der Waals surface area contributed by atoms with E-state index in [4.69, 9.17) is 9.84 Å². The molecule has 0 radical (unpaired) electrons. The summed E-state index contributed by atoms with van der Waals surface area (Å²) < 4.78 is 31.6. The van der Waals surface area contributed by atoms with Crippen LogP contribution in [0.2, 0.25) is 0 Å². The highest BCUT2D eigenvalue weighted by atomic mass is 19.1. The van der Waals surface area contributed by atoms with E-state index in [-0.39, 0.29) is 37.6 Å². The topological polar surface area (TPSA) is 66.8 Å². The number of benzene rings is 1. The number of nitrogens with zero attached hydrogens (tertiary/aromatic N) is 1. The van der Waals surface area contributed by atoms with Crippen LogP contribution in [0.1, 0.15) is 10.4 Å². The predicted octanol–water partition coefficient (Wildman–Crippen LogP) is 0.503. The summed E-state index contributed by atoms with van der Waals surface area (Å²) in [5, 5.41) is 8.52. The minimum atomic E-state index is -0.962. The Morgan fingerprint density at radius 2 is 1.95 bits per heavy atom.